The highest BCUT2D eigenvalue weighted by atomic mass is 32.2. The van der Waals surface area contributed by atoms with Crippen molar-refractivity contribution in [3.8, 4) is 0 Å². The van der Waals surface area contributed by atoms with Crippen molar-refractivity contribution in [1.82, 2.24) is 21.3 Å². The summed E-state index contributed by atoms with van der Waals surface area (Å²) in [5.41, 5.74) is 10.9. The fourth-order valence-corrected chi connectivity index (χ4v) is 3.96. The topological polar surface area (TPSA) is 246 Å². The van der Waals surface area contributed by atoms with Gasteiger partial charge in [0.25, 0.3) is 5.91 Å². The fraction of sp³-hybridized carbons (Fsp3) is 0.750. The molecule has 0 bridgehead atoms. The number of aliphatic carboxylic acids is 1. The molecular formula is C20H38N6O8S2. The van der Waals surface area contributed by atoms with Crippen LogP contribution in [0.25, 0.3) is 0 Å². The zero-order chi connectivity index (χ0) is 27.5. The molecule has 0 heterocycles. The van der Waals surface area contributed by atoms with Crippen LogP contribution in [0.5, 0.6) is 0 Å². The van der Waals surface area contributed by atoms with Crippen LogP contribution < -0.4 is 32.7 Å². The van der Waals surface area contributed by atoms with Crippen molar-refractivity contribution in [1.29, 1.82) is 0 Å². The average Bonchev–Trinajstić information content (AvgIpc) is 2.81. The lowest BCUT2D eigenvalue weighted by molar-refractivity contribution is -0.138. The number of aliphatic hydroxyl groups excluding tert-OH is 2. The minimum absolute atomic E-state index is 0.0112. The molecule has 0 saturated heterocycles. The summed E-state index contributed by atoms with van der Waals surface area (Å²) in [7, 11) is 0. The van der Waals surface area contributed by atoms with Gasteiger partial charge >= 0.3 is 5.97 Å². The number of hydrogen-bond donors (Lipinski definition) is 9. The molecule has 11 N–H and O–H groups in total. The molecule has 0 aromatic carbocycles. The van der Waals surface area contributed by atoms with E-state index in [4.69, 9.17) is 16.6 Å². The summed E-state index contributed by atoms with van der Waals surface area (Å²) in [5, 5.41) is 38.6. The molecule has 0 fully saturated rings. The third-order valence-corrected chi connectivity index (χ3v) is 6.57. The minimum Gasteiger partial charge on any atom is -0.480 e. The van der Waals surface area contributed by atoms with Crippen molar-refractivity contribution in [3.63, 3.8) is 0 Å². The van der Waals surface area contributed by atoms with Crippen LogP contribution in [-0.4, -0.2) is 118 Å². The summed E-state index contributed by atoms with van der Waals surface area (Å²) in [5.74, 6) is -1.94. The van der Waals surface area contributed by atoms with Gasteiger partial charge in [-0.25, -0.2) is 0 Å². The van der Waals surface area contributed by atoms with E-state index in [0.717, 1.165) is 11.8 Å². The molecule has 4 amide bonds. The van der Waals surface area contributed by atoms with Gasteiger partial charge in [0.05, 0.1) is 17.6 Å². The largest absolute Gasteiger partial charge is 0.480 e. The number of carbonyl (C=O) groups is 5. The molecule has 0 saturated carbocycles. The molecule has 0 rings (SSSR count). The second-order valence-corrected chi connectivity index (χ2v) is 9.90. The molecule has 0 radical (unpaired) electrons. The van der Waals surface area contributed by atoms with Crippen LogP contribution in [0.2, 0.25) is 0 Å². The monoisotopic (exact) mass is 554 g/mol. The number of hydrogen-bond acceptors (Lipinski definition) is 11. The molecule has 0 aliphatic heterocycles. The lowest BCUT2D eigenvalue weighted by Gasteiger charge is -2.17. The lowest BCUT2D eigenvalue weighted by atomic mass is 10.1. The first-order valence-corrected chi connectivity index (χ1v) is 13.6. The lowest BCUT2D eigenvalue weighted by Crippen LogP contribution is -2.45. The molecule has 36 heavy (non-hydrogen) atoms. The van der Waals surface area contributed by atoms with E-state index in [2.05, 4.69) is 21.3 Å². The molecule has 208 valence electrons. The van der Waals surface area contributed by atoms with Gasteiger partial charge in [-0.1, -0.05) is 0 Å². The second-order valence-electron chi connectivity index (χ2n) is 7.84. The number of nitrogens with two attached hydrogens (primary N) is 2. The Morgan fingerprint density at radius 1 is 0.778 bits per heavy atom. The maximum Gasteiger partial charge on any atom is 0.321 e. The van der Waals surface area contributed by atoms with Crippen molar-refractivity contribution in [3.05, 3.63) is 0 Å². The van der Waals surface area contributed by atoms with E-state index >= 15 is 0 Å². The number of carboxylic acid groups (broad SMARTS) is 1. The van der Waals surface area contributed by atoms with Gasteiger partial charge in [0.2, 0.25) is 17.7 Å². The first kappa shape index (κ1) is 33.9. The van der Waals surface area contributed by atoms with E-state index < -0.39 is 36.0 Å². The highest BCUT2D eigenvalue weighted by molar-refractivity contribution is 8.00. The highest BCUT2D eigenvalue weighted by Crippen LogP contribution is 2.04. The van der Waals surface area contributed by atoms with Gasteiger partial charge in [-0.15, -0.1) is 11.8 Å². The van der Waals surface area contributed by atoms with E-state index in [0.29, 0.717) is 5.75 Å². The van der Waals surface area contributed by atoms with Crippen LogP contribution in [0.4, 0.5) is 0 Å². The zero-order valence-corrected chi connectivity index (χ0v) is 21.9. The highest BCUT2D eigenvalue weighted by Gasteiger charge is 2.24. The SMILES string of the molecule is CC(N)CSCC(=O)NCCNC(=O)C(O)[C@H](O)CCC(=O)NCCNC(=O)CSCC(N)C(=O)O. The molecule has 0 aromatic heterocycles. The molecule has 0 aliphatic carbocycles. The number of carboxylic acids is 1. The summed E-state index contributed by atoms with van der Waals surface area (Å²) >= 11 is 2.47. The molecule has 0 aromatic rings. The maximum absolute atomic E-state index is 11.9. The molecule has 14 nitrogen and oxygen atoms in total. The van der Waals surface area contributed by atoms with Crippen LogP contribution in [0.1, 0.15) is 19.8 Å². The smallest absolute Gasteiger partial charge is 0.321 e. The molecule has 16 heteroatoms. The Morgan fingerprint density at radius 3 is 1.75 bits per heavy atom. The normalized spacial score (nSPS) is 14.1. The number of amides is 4. The summed E-state index contributed by atoms with van der Waals surface area (Å²) < 4.78 is 0. The third-order valence-electron chi connectivity index (χ3n) is 4.28. The minimum atomic E-state index is -1.74. The van der Waals surface area contributed by atoms with Crippen LogP contribution in [0, 0.1) is 0 Å². The van der Waals surface area contributed by atoms with Gasteiger partial charge < -0.3 is 48.1 Å². The molecular weight excluding hydrogens is 516 g/mol. The second kappa shape index (κ2) is 20.0. The predicted molar refractivity (Wildman–Crippen MR) is 137 cm³/mol. The van der Waals surface area contributed by atoms with Crippen molar-refractivity contribution in [2.75, 3.05) is 49.2 Å². The Labute approximate surface area is 218 Å². The van der Waals surface area contributed by atoms with Crippen LogP contribution in [0.15, 0.2) is 0 Å². The van der Waals surface area contributed by atoms with Gasteiger partial charge in [0.1, 0.15) is 6.04 Å². The van der Waals surface area contributed by atoms with E-state index in [1.807, 2.05) is 6.92 Å². The van der Waals surface area contributed by atoms with Gasteiger partial charge in [-0.05, 0) is 13.3 Å². The van der Waals surface area contributed by atoms with Crippen molar-refractivity contribution in [2.24, 2.45) is 11.5 Å². The fourth-order valence-electron chi connectivity index (χ4n) is 2.39. The maximum atomic E-state index is 11.9. The van der Waals surface area contributed by atoms with E-state index in [-0.39, 0.29) is 74.1 Å². The first-order chi connectivity index (χ1) is 16.9. The summed E-state index contributed by atoms with van der Waals surface area (Å²) in [6.07, 6.45) is -3.52. The number of rotatable bonds is 20. The van der Waals surface area contributed by atoms with E-state index in [9.17, 15) is 34.2 Å². The molecule has 4 atom stereocenters. The molecule has 3 unspecified atom stereocenters. The van der Waals surface area contributed by atoms with Crippen LogP contribution in [-0.2, 0) is 24.0 Å². The standard InChI is InChI=1S/C20H38N6O8S2/c1-12(21)8-35-10-16(29)25-6-7-26-19(32)18(31)14(27)2-3-15(28)23-4-5-24-17(30)11-36-9-13(22)20(33)34/h12-14,18,27,31H,2-11,21-22H2,1H3,(H,23,28)(H,24,30)(H,25,29)(H,26,32)(H,33,34)/t12?,13?,14-,18?/m1/s1. The number of nitrogens with one attached hydrogen (secondary N) is 4. The quantitative estimate of drug-likeness (QED) is 0.0657. The van der Waals surface area contributed by atoms with Gasteiger partial charge in [-0.3, -0.25) is 24.0 Å². The summed E-state index contributed by atoms with van der Waals surface area (Å²) in [4.78, 5) is 57.6. The molecule has 0 aliphatic rings. The van der Waals surface area contributed by atoms with Crippen LogP contribution >= 0.6 is 23.5 Å². The Bertz CT molecular complexity index is 716. The number of thioether (sulfide) groups is 2. The van der Waals surface area contributed by atoms with Gasteiger partial charge in [0.15, 0.2) is 6.10 Å². The predicted octanol–water partition coefficient (Wildman–Crippen LogP) is -3.82. The van der Waals surface area contributed by atoms with E-state index in [1.54, 1.807) is 0 Å². The zero-order valence-electron chi connectivity index (χ0n) is 20.2. The van der Waals surface area contributed by atoms with Crippen molar-refractivity contribution >= 4 is 53.1 Å². The Balaban J connectivity index is 3.90. The first-order valence-electron chi connectivity index (χ1n) is 11.3. The van der Waals surface area contributed by atoms with Crippen molar-refractivity contribution in [2.45, 2.75) is 44.1 Å². The van der Waals surface area contributed by atoms with Crippen LogP contribution in [0.3, 0.4) is 0 Å². The Morgan fingerprint density at radius 2 is 1.25 bits per heavy atom. The van der Waals surface area contributed by atoms with Gasteiger partial charge in [-0.2, -0.15) is 11.8 Å². The Kier molecular flexibility index (Phi) is 18.8. The van der Waals surface area contributed by atoms with Gasteiger partial charge in [0, 0.05) is 50.1 Å². The van der Waals surface area contributed by atoms with Crippen molar-refractivity contribution < 1.29 is 39.3 Å². The molecule has 0 spiro atoms. The Hall–Kier alpha value is -2.11. The summed E-state index contributed by atoms with van der Waals surface area (Å²) in [6.45, 7) is 2.32. The number of aliphatic hydroxyl groups is 2. The third kappa shape index (κ3) is 18.2. The average molecular weight is 555 g/mol. The summed E-state index contributed by atoms with van der Waals surface area (Å²) in [6, 6.07) is -1.06. The van der Waals surface area contributed by atoms with E-state index in [1.165, 1.54) is 11.8 Å². The number of carbonyl (C=O) groups excluding carboxylic acids is 4.